The molecule has 1 atom stereocenters. The number of nitrogens with zero attached hydrogens (tertiary/aromatic N) is 1. The van der Waals surface area contributed by atoms with Gasteiger partial charge < -0.3 is 21.3 Å². The molecule has 0 aliphatic carbocycles. The number of carbonyl (C=O) groups is 2. The molecule has 0 fully saturated rings. The topological polar surface area (TPSA) is 87.5 Å². The van der Waals surface area contributed by atoms with Crippen LogP contribution in [0.3, 0.4) is 0 Å². The Balaban J connectivity index is 2.50. The first-order valence-corrected chi connectivity index (χ1v) is 7.89. The third-order valence-corrected chi connectivity index (χ3v) is 3.28. The molecule has 0 radical (unpaired) electrons. The second-order valence-electron chi connectivity index (χ2n) is 6.40. The van der Waals surface area contributed by atoms with Gasteiger partial charge in [-0.2, -0.15) is 0 Å². The zero-order valence-electron chi connectivity index (χ0n) is 14.4. The van der Waals surface area contributed by atoms with Crippen LogP contribution in [-0.2, 0) is 9.59 Å². The highest BCUT2D eigenvalue weighted by molar-refractivity contribution is 5.95. The lowest BCUT2D eigenvalue weighted by Gasteiger charge is -2.14. The molecule has 0 unspecified atom stereocenters. The number of hydrogen-bond donors (Lipinski definition) is 3. The summed E-state index contributed by atoms with van der Waals surface area (Å²) < 4.78 is 0. The van der Waals surface area contributed by atoms with Crippen LogP contribution in [0.5, 0.6) is 0 Å². The first-order valence-electron chi connectivity index (χ1n) is 7.89. The molecule has 2 amide bonds. The maximum Gasteiger partial charge on any atom is 0.241 e. The lowest BCUT2D eigenvalue weighted by atomic mass is 10.0. The molecule has 1 aromatic carbocycles. The minimum atomic E-state index is -0.514. The predicted molar refractivity (Wildman–Crippen MR) is 94.3 cm³/mol. The van der Waals surface area contributed by atoms with E-state index in [0.29, 0.717) is 36.7 Å². The average Bonchev–Trinajstić information content (AvgIpc) is 2.46. The van der Waals surface area contributed by atoms with Crippen molar-refractivity contribution in [2.75, 3.05) is 31.3 Å². The molecule has 1 rings (SSSR count). The largest absolute Gasteiger partial charge is 0.326 e. The molecule has 0 aliphatic rings. The van der Waals surface area contributed by atoms with Gasteiger partial charge in [0.15, 0.2) is 0 Å². The van der Waals surface area contributed by atoms with Gasteiger partial charge in [-0.3, -0.25) is 9.59 Å². The molecule has 128 valence electrons. The van der Waals surface area contributed by atoms with Gasteiger partial charge in [0.1, 0.15) is 0 Å². The lowest BCUT2D eigenvalue weighted by Crippen LogP contribution is -2.36. The second-order valence-corrected chi connectivity index (χ2v) is 6.40. The van der Waals surface area contributed by atoms with Crippen molar-refractivity contribution in [3.05, 3.63) is 24.3 Å². The van der Waals surface area contributed by atoms with Crippen LogP contribution in [0, 0.1) is 5.92 Å². The van der Waals surface area contributed by atoms with Crippen LogP contribution in [0.15, 0.2) is 24.3 Å². The van der Waals surface area contributed by atoms with E-state index in [0.717, 1.165) is 0 Å². The van der Waals surface area contributed by atoms with Gasteiger partial charge in [0.25, 0.3) is 0 Å². The molecule has 6 heteroatoms. The van der Waals surface area contributed by atoms with Gasteiger partial charge in [0.05, 0.1) is 6.04 Å². The predicted octanol–water partition coefficient (Wildman–Crippen LogP) is 1.89. The summed E-state index contributed by atoms with van der Waals surface area (Å²) in [5, 5.41) is 5.61. The number of benzene rings is 1. The van der Waals surface area contributed by atoms with E-state index >= 15 is 0 Å². The quantitative estimate of drug-likeness (QED) is 0.682. The van der Waals surface area contributed by atoms with Crippen molar-refractivity contribution in [3.63, 3.8) is 0 Å². The molecular weight excluding hydrogens is 292 g/mol. The van der Waals surface area contributed by atoms with Crippen molar-refractivity contribution in [1.82, 2.24) is 4.90 Å². The van der Waals surface area contributed by atoms with Gasteiger partial charge in [0, 0.05) is 24.3 Å². The molecule has 0 bridgehead atoms. The number of nitrogens with one attached hydrogen (secondary N) is 2. The van der Waals surface area contributed by atoms with E-state index in [4.69, 9.17) is 5.73 Å². The SMILES string of the molecule is CC(C)C[C@H](N)C(=O)Nc1ccc(NC(=O)CCN(C)C)cc1. The van der Waals surface area contributed by atoms with Crippen LogP contribution >= 0.6 is 0 Å². The van der Waals surface area contributed by atoms with Gasteiger partial charge >= 0.3 is 0 Å². The Hall–Kier alpha value is -1.92. The first-order chi connectivity index (χ1) is 10.8. The van der Waals surface area contributed by atoms with Crippen molar-refractivity contribution < 1.29 is 9.59 Å². The van der Waals surface area contributed by atoms with Gasteiger partial charge in [-0.25, -0.2) is 0 Å². The molecule has 0 aliphatic heterocycles. The number of amides is 2. The zero-order chi connectivity index (χ0) is 17.4. The van der Waals surface area contributed by atoms with E-state index in [-0.39, 0.29) is 11.8 Å². The molecular formula is C17H28N4O2. The summed E-state index contributed by atoms with van der Waals surface area (Å²) in [4.78, 5) is 25.7. The minimum Gasteiger partial charge on any atom is -0.326 e. The molecule has 0 saturated heterocycles. The summed E-state index contributed by atoms with van der Waals surface area (Å²) >= 11 is 0. The Morgan fingerprint density at radius 1 is 1.09 bits per heavy atom. The van der Waals surface area contributed by atoms with Crippen molar-refractivity contribution >= 4 is 23.2 Å². The summed E-state index contributed by atoms with van der Waals surface area (Å²) in [6.07, 6.45) is 1.08. The first kappa shape index (κ1) is 19.1. The van der Waals surface area contributed by atoms with Gasteiger partial charge in [-0.1, -0.05) is 13.8 Å². The zero-order valence-corrected chi connectivity index (χ0v) is 14.4. The standard InChI is InChI=1S/C17H28N4O2/c1-12(2)11-15(18)17(23)20-14-7-5-13(6-8-14)19-16(22)9-10-21(3)4/h5-8,12,15H,9-11,18H2,1-4H3,(H,19,22)(H,20,23)/t15-/m0/s1. The van der Waals surface area contributed by atoms with Crippen molar-refractivity contribution in [3.8, 4) is 0 Å². The summed E-state index contributed by atoms with van der Waals surface area (Å²) in [5.41, 5.74) is 7.22. The Bertz CT molecular complexity index is 512. The molecule has 0 spiro atoms. The third-order valence-electron chi connectivity index (χ3n) is 3.28. The maximum atomic E-state index is 11.9. The number of anilines is 2. The molecule has 0 aromatic heterocycles. The van der Waals surface area contributed by atoms with Crippen LogP contribution in [-0.4, -0.2) is 43.4 Å². The fraction of sp³-hybridized carbons (Fsp3) is 0.529. The van der Waals surface area contributed by atoms with E-state index < -0.39 is 6.04 Å². The van der Waals surface area contributed by atoms with Gasteiger partial charge in [-0.15, -0.1) is 0 Å². The van der Waals surface area contributed by atoms with E-state index in [2.05, 4.69) is 10.6 Å². The van der Waals surface area contributed by atoms with E-state index in [1.54, 1.807) is 24.3 Å². The van der Waals surface area contributed by atoms with E-state index in [1.165, 1.54) is 0 Å². The summed E-state index contributed by atoms with van der Waals surface area (Å²) in [7, 11) is 3.85. The monoisotopic (exact) mass is 320 g/mol. The van der Waals surface area contributed by atoms with Crippen LogP contribution in [0.1, 0.15) is 26.7 Å². The number of rotatable bonds is 8. The fourth-order valence-corrected chi connectivity index (χ4v) is 2.04. The summed E-state index contributed by atoms with van der Waals surface area (Å²) in [5.74, 6) is 0.145. The Morgan fingerprint density at radius 3 is 2.09 bits per heavy atom. The molecule has 4 N–H and O–H groups in total. The van der Waals surface area contributed by atoms with Crippen molar-refractivity contribution in [2.45, 2.75) is 32.7 Å². The van der Waals surface area contributed by atoms with E-state index in [9.17, 15) is 9.59 Å². The maximum absolute atomic E-state index is 11.9. The van der Waals surface area contributed by atoms with Gasteiger partial charge in [0.2, 0.25) is 11.8 Å². The molecule has 0 saturated carbocycles. The van der Waals surface area contributed by atoms with Crippen molar-refractivity contribution in [1.29, 1.82) is 0 Å². The van der Waals surface area contributed by atoms with Gasteiger partial charge in [-0.05, 0) is 50.7 Å². The Morgan fingerprint density at radius 2 is 1.61 bits per heavy atom. The number of hydrogen-bond acceptors (Lipinski definition) is 4. The Kier molecular flexibility index (Phi) is 7.71. The highest BCUT2D eigenvalue weighted by atomic mass is 16.2. The van der Waals surface area contributed by atoms with Crippen LogP contribution < -0.4 is 16.4 Å². The highest BCUT2D eigenvalue weighted by Crippen LogP contribution is 2.14. The normalized spacial score (nSPS) is 12.3. The van der Waals surface area contributed by atoms with Crippen molar-refractivity contribution in [2.24, 2.45) is 11.7 Å². The summed E-state index contributed by atoms with van der Waals surface area (Å²) in [6, 6.07) is 6.51. The number of nitrogens with two attached hydrogens (primary N) is 1. The Labute approximate surface area is 138 Å². The molecule has 6 nitrogen and oxygen atoms in total. The average molecular weight is 320 g/mol. The minimum absolute atomic E-state index is 0.0329. The molecule has 0 heterocycles. The van der Waals surface area contributed by atoms with E-state index in [1.807, 2.05) is 32.8 Å². The molecule has 1 aromatic rings. The van der Waals surface area contributed by atoms with Crippen LogP contribution in [0.2, 0.25) is 0 Å². The summed E-state index contributed by atoms with van der Waals surface area (Å²) in [6.45, 7) is 4.76. The second kappa shape index (κ2) is 9.27. The van der Waals surface area contributed by atoms with Crippen LogP contribution in [0.25, 0.3) is 0 Å². The molecule has 23 heavy (non-hydrogen) atoms. The lowest BCUT2D eigenvalue weighted by molar-refractivity contribution is -0.118. The number of carbonyl (C=O) groups excluding carboxylic acids is 2. The third kappa shape index (κ3) is 7.76. The highest BCUT2D eigenvalue weighted by Gasteiger charge is 2.15. The smallest absolute Gasteiger partial charge is 0.241 e. The fourth-order valence-electron chi connectivity index (χ4n) is 2.04. The van der Waals surface area contributed by atoms with Crippen LogP contribution in [0.4, 0.5) is 11.4 Å².